The summed E-state index contributed by atoms with van der Waals surface area (Å²) < 4.78 is 0. The van der Waals surface area contributed by atoms with Gasteiger partial charge in [0.25, 0.3) is 0 Å². The highest BCUT2D eigenvalue weighted by molar-refractivity contribution is 6.06. The van der Waals surface area contributed by atoms with Crippen LogP contribution in [0.15, 0.2) is 127 Å². The Kier molecular flexibility index (Phi) is 21.3. The van der Waals surface area contributed by atoms with Crippen molar-refractivity contribution in [3.05, 3.63) is 177 Å². The van der Waals surface area contributed by atoms with Crippen LogP contribution in [-0.4, -0.2) is 0 Å². The molecule has 10 rings (SSSR count). The minimum absolute atomic E-state index is 0.240. The largest absolute Gasteiger partial charge is 0.192 e. The zero-order valence-electron chi connectivity index (χ0n) is 54.2. The summed E-state index contributed by atoms with van der Waals surface area (Å²) >= 11 is 0. The fourth-order valence-electron chi connectivity index (χ4n) is 16.7. The van der Waals surface area contributed by atoms with Gasteiger partial charge in [-0.3, -0.25) is 0 Å². The molecule has 0 heterocycles. The Labute approximate surface area is 525 Å². The SMILES string of the molecule is CCCCCCC1(CCCCCC)c2cc(-c3ccc(C#N)cc3)ccc2-c2c1c1c(c3c2C(CCCCCC)(CCCCCC)c2cc(-c4ccc(C#N)cc4)ccc2-3)C(CCCCCC)(CCCCCC)c2cc(-c3ccc(C#N)cc3)ccc2-1. The number of hydrogen-bond donors (Lipinski definition) is 0. The molecule has 0 bridgehead atoms. The van der Waals surface area contributed by atoms with E-state index in [0.29, 0.717) is 16.7 Å². The molecule has 0 atom stereocenters. The summed E-state index contributed by atoms with van der Waals surface area (Å²) in [5.41, 5.74) is 27.4. The minimum atomic E-state index is -0.240. The van der Waals surface area contributed by atoms with Crippen molar-refractivity contribution in [3.8, 4) is 85.0 Å². The monoisotopic (exact) mass is 1150 g/mol. The first-order valence-electron chi connectivity index (χ1n) is 35.0. The van der Waals surface area contributed by atoms with Crippen molar-refractivity contribution in [1.29, 1.82) is 15.8 Å². The second-order valence-corrected chi connectivity index (χ2v) is 26.7. The van der Waals surface area contributed by atoms with Crippen LogP contribution in [-0.2, 0) is 16.2 Å². The predicted octanol–water partition coefficient (Wildman–Crippen LogP) is 24.9. The first kappa shape index (κ1) is 63.0. The topological polar surface area (TPSA) is 71.4 Å². The van der Waals surface area contributed by atoms with Gasteiger partial charge in [0.1, 0.15) is 0 Å². The lowest BCUT2D eigenvalue weighted by Crippen LogP contribution is -2.31. The van der Waals surface area contributed by atoms with E-state index in [0.717, 1.165) is 38.5 Å². The van der Waals surface area contributed by atoms with Crippen LogP contribution in [0.2, 0.25) is 0 Å². The van der Waals surface area contributed by atoms with Crippen LogP contribution < -0.4 is 0 Å². The van der Waals surface area contributed by atoms with Crippen molar-refractivity contribution in [2.24, 2.45) is 0 Å². The molecule has 0 spiro atoms. The molecule has 3 nitrogen and oxygen atoms in total. The van der Waals surface area contributed by atoms with Crippen molar-refractivity contribution in [3.63, 3.8) is 0 Å². The van der Waals surface area contributed by atoms with Crippen LogP contribution >= 0.6 is 0 Å². The highest BCUT2D eigenvalue weighted by Gasteiger charge is 2.58. The molecule has 0 aliphatic heterocycles. The number of hydrogen-bond acceptors (Lipinski definition) is 3. The maximum absolute atomic E-state index is 10.0. The molecule has 0 fully saturated rings. The first-order chi connectivity index (χ1) is 42.7. The second kappa shape index (κ2) is 29.3. The third kappa shape index (κ3) is 12.4. The smallest absolute Gasteiger partial charge is 0.0991 e. The molecule has 3 aliphatic rings. The highest BCUT2D eigenvalue weighted by Crippen LogP contribution is 2.72. The van der Waals surface area contributed by atoms with Crippen LogP contribution in [0.3, 0.4) is 0 Å². The summed E-state index contributed by atoms with van der Waals surface area (Å²) in [4.78, 5) is 0. The number of fused-ring (bicyclic) bond motifs is 12. The van der Waals surface area contributed by atoms with Crippen LogP contribution in [0.5, 0.6) is 0 Å². The Morgan fingerprint density at radius 2 is 0.460 bits per heavy atom. The van der Waals surface area contributed by atoms with Crippen molar-refractivity contribution in [2.75, 3.05) is 0 Å². The lowest BCUT2D eigenvalue weighted by molar-refractivity contribution is 0.389. The summed E-state index contributed by atoms with van der Waals surface area (Å²) in [6, 6.07) is 55.6. The number of unbranched alkanes of at least 4 members (excludes halogenated alkanes) is 18. The summed E-state index contributed by atoms with van der Waals surface area (Å²) in [5.74, 6) is 0. The van der Waals surface area contributed by atoms with Crippen LogP contribution in [0.1, 0.15) is 284 Å². The van der Waals surface area contributed by atoms with Gasteiger partial charge in [0, 0.05) is 16.2 Å². The van der Waals surface area contributed by atoms with E-state index in [1.807, 2.05) is 36.4 Å². The van der Waals surface area contributed by atoms with Gasteiger partial charge in [0.2, 0.25) is 0 Å². The quantitative estimate of drug-likeness (QED) is 0.0385. The zero-order valence-corrected chi connectivity index (χ0v) is 54.2. The summed E-state index contributed by atoms with van der Waals surface area (Å²) in [5, 5.41) is 30.1. The third-order valence-electron chi connectivity index (χ3n) is 21.1. The number of nitriles is 3. The van der Waals surface area contributed by atoms with Gasteiger partial charge in [-0.15, -0.1) is 0 Å². The van der Waals surface area contributed by atoms with E-state index in [-0.39, 0.29) is 16.2 Å². The number of rotatable bonds is 33. The molecule has 0 amide bonds. The van der Waals surface area contributed by atoms with Crippen molar-refractivity contribution in [2.45, 2.75) is 250 Å². The van der Waals surface area contributed by atoms with Gasteiger partial charge in [0.15, 0.2) is 0 Å². The van der Waals surface area contributed by atoms with E-state index >= 15 is 0 Å². The number of nitrogens with zero attached hydrogens (tertiary/aromatic N) is 3. The van der Waals surface area contributed by atoms with Crippen LogP contribution in [0.4, 0.5) is 0 Å². The van der Waals surface area contributed by atoms with Crippen LogP contribution in [0, 0.1) is 34.0 Å². The molecule has 0 N–H and O–H groups in total. The molecule has 7 aromatic rings. The minimum Gasteiger partial charge on any atom is -0.192 e. The summed E-state index contributed by atoms with van der Waals surface area (Å²) in [6.07, 6.45) is 35.9. The molecular formula is C84H99N3. The lowest BCUT2D eigenvalue weighted by Gasteiger charge is -2.40. The van der Waals surface area contributed by atoms with Gasteiger partial charge in [-0.1, -0.05) is 268 Å². The molecule has 0 saturated carbocycles. The van der Waals surface area contributed by atoms with Gasteiger partial charge in [0.05, 0.1) is 34.9 Å². The van der Waals surface area contributed by atoms with Gasteiger partial charge in [-0.05, 0) is 193 Å². The van der Waals surface area contributed by atoms with E-state index in [9.17, 15) is 15.8 Å². The zero-order chi connectivity index (χ0) is 60.8. The Bertz CT molecular complexity index is 3150. The van der Waals surface area contributed by atoms with Crippen molar-refractivity contribution in [1.82, 2.24) is 0 Å². The fourth-order valence-corrected chi connectivity index (χ4v) is 16.7. The highest BCUT2D eigenvalue weighted by atomic mass is 14.6. The second-order valence-electron chi connectivity index (χ2n) is 26.7. The van der Waals surface area contributed by atoms with E-state index in [2.05, 4.69) is 151 Å². The van der Waals surface area contributed by atoms with Crippen molar-refractivity contribution >= 4 is 0 Å². The van der Waals surface area contributed by atoms with Gasteiger partial charge < -0.3 is 0 Å². The maximum atomic E-state index is 10.0. The standard InChI is InChI=1S/C84H99N3/c1-7-13-19-25-49-82(50-26-20-14-8-2)73-55-67(64-37-31-61(58-85)32-38-64)43-46-70(73)76-79(82)77-71-47-44-68(65-39-33-62(59-86)34-40-65)56-74(71)83(51-27-21-15-9-3,52-28-22-16-10-4)81(77)78-72-48-45-69(66-41-35-63(60-87)36-42-66)57-75(72)84(80(76)78,53-29-23-17-11-5)54-30-24-18-12-6/h31-48,55-57H,7-30,49-54H2,1-6H3. The van der Waals surface area contributed by atoms with Gasteiger partial charge >= 0.3 is 0 Å². The first-order valence-corrected chi connectivity index (χ1v) is 35.0. The van der Waals surface area contributed by atoms with E-state index in [1.54, 1.807) is 50.1 Å². The fraction of sp³-hybridized carbons (Fsp3) is 0.464. The Morgan fingerprint density at radius 1 is 0.253 bits per heavy atom. The molecule has 3 heteroatoms. The van der Waals surface area contributed by atoms with Gasteiger partial charge in [-0.25, -0.2) is 0 Å². The average Bonchev–Trinajstić information content (AvgIpc) is 1.49. The van der Waals surface area contributed by atoms with E-state index in [4.69, 9.17) is 0 Å². The van der Waals surface area contributed by atoms with E-state index < -0.39 is 0 Å². The number of benzene rings is 7. The maximum Gasteiger partial charge on any atom is 0.0991 e. The molecule has 0 aromatic heterocycles. The van der Waals surface area contributed by atoms with Gasteiger partial charge in [-0.2, -0.15) is 15.8 Å². The molecule has 0 saturated heterocycles. The molecule has 3 aliphatic carbocycles. The summed E-state index contributed by atoms with van der Waals surface area (Å²) in [6.45, 7) is 14.2. The summed E-state index contributed by atoms with van der Waals surface area (Å²) in [7, 11) is 0. The van der Waals surface area contributed by atoms with Crippen molar-refractivity contribution < 1.29 is 0 Å². The lowest BCUT2D eigenvalue weighted by atomic mass is 9.63. The Hall–Kier alpha value is -6.99. The predicted molar refractivity (Wildman–Crippen MR) is 368 cm³/mol. The third-order valence-corrected chi connectivity index (χ3v) is 21.1. The molecule has 7 aromatic carbocycles. The average molecular weight is 1150 g/mol. The van der Waals surface area contributed by atoms with E-state index in [1.165, 1.54) is 204 Å². The molecular weight excluding hydrogens is 1050 g/mol. The molecule has 87 heavy (non-hydrogen) atoms. The molecule has 450 valence electrons. The molecule has 0 radical (unpaired) electrons. The Morgan fingerprint density at radius 3 is 0.655 bits per heavy atom. The molecule has 0 unspecified atom stereocenters. The Balaban J connectivity index is 1.41. The normalized spacial score (nSPS) is 14.1. The van der Waals surface area contributed by atoms with Crippen LogP contribution in [0.25, 0.3) is 66.8 Å².